The van der Waals surface area contributed by atoms with Crippen LogP contribution in [0.1, 0.15) is 33.4 Å². The summed E-state index contributed by atoms with van der Waals surface area (Å²) in [6, 6.07) is 89.7. The number of benzene rings is 10. The van der Waals surface area contributed by atoms with Gasteiger partial charge in [0.25, 0.3) is 0 Å². The topological polar surface area (TPSA) is 8.17 Å². The zero-order chi connectivity index (χ0) is 43.5. The fourth-order valence-corrected chi connectivity index (χ4v) is 10.6. The zero-order valence-electron chi connectivity index (χ0n) is 36.5. The van der Waals surface area contributed by atoms with E-state index in [-0.39, 0.29) is 0 Å². The second-order valence-electron chi connectivity index (χ2n) is 17.4. The molecule has 0 radical (unpaired) electrons. The van der Waals surface area contributed by atoms with Crippen LogP contribution in [0.5, 0.6) is 0 Å². The fourth-order valence-electron chi connectivity index (χ4n) is 10.6. The van der Waals surface area contributed by atoms with Gasteiger partial charge in [0, 0.05) is 33.4 Å². The number of aryl methyl sites for hydroxylation is 2. The molecule has 1 heterocycles. The van der Waals surface area contributed by atoms with Gasteiger partial charge in [0.2, 0.25) is 0 Å². The summed E-state index contributed by atoms with van der Waals surface area (Å²) in [5.74, 6) is 0. The molecule has 2 heteroatoms. The van der Waals surface area contributed by atoms with Gasteiger partial charge in [0.1, 0.15) is 0 Å². The van der Waals surface area contributed by atoms with E-state index in [9.17, 15) is 0 Å². The zero-order valence-corrected chi connectivity index (χ0v) is 36.5. The Morgan fingerprint density at radius 1 is 0.354 bits per heavy atom. The van der Waals surface area contributed by atoms with Crippen LogP contribution in [0, 0.1) is 13.8 Å². The number of rotatable bonds is 8. The van der Waals surface area contributed by atoms with Gasteiger partial charge in [0.05, 0.1) is 22.1 Å². The highest BCUT2D eigenvalue weighted by Gasteiger charge is 2.46. The molecule has 1 aliphatic carbocycles. The third kappa shape index (κ3) is 6.25. The molecule has 10 aromatic carbocycles. The van der Waals surface area contributed by atoms with Gasteiger partial charge >= 0.3 is 0 Å². The molecule has 0 spiro atoms. The molecule has 11 aromatic rings. The summed E-state index contributed by atoms with van der Waals surface area (Å²) in [6.07, 6.45) is 0. The maximum absolute atomic E-state index is 2.47. The molecular formula is C63H46N2. The average Bonchev–Trinajstić information content (AvgIpc) is 3.85. The van der Waals surface area contributed by atoms with Crippen molar-refractivity contribution in [2.24, 2.45) is 0 Å². The van der Waals surface area contributed by atoms with E-state index in [1.807, 2.05) is 0 Å². The van der Waals surface area contributed by atoms with Gasteiger partial charge in [-0.2, -0.15) is 0 Å². The number of nitrogens with zero attached hydrogens (tertiary/aromatic N) is 2. The van der Waals surface area contributed by atoms with Gasteiger partial charge in [-0.3, -0.25) is 0 Å². The van der Waals surface area contributed by atoms with E-state index in [1.54, 1.807) is 0 Å². The quantitative estimate of drug-likeness (QED) is 0.148. The molecule has 12 rings (SSSR count). The standard InChI is InChI=1S/C63H46N2/c1-43-28-33-48(34-29-43)63(49-35-30-44(2)31-36-49)58-25-12-9-23-54(58)55-39-37-52(42-59(55)63)64(50-18-5-3-6-19-50)60-26-13-10-22-53(60)47-17-15-16-45(40-47)46-32-38-57-56-24-11-14-27-61(56)65(62(57)41-46)51-20-7-4-8-21-51/h3-42H,1-2H3. The first-order chi connectivity index (χ1) is 32.1. The smallest absolute Gasteiger partial charge is 0.0714 e. The predicted octanol–water partition coefficient (Wildman–Crippen LogP) is 16.6. The van der Waals surface area contributed by atoms with E-state index in [0.29, 0.717) is 0 Å². The first-order valence-corrected chi connectivity index (χ1v) is 22.6. The van der Waals surface area contributed by atoms with Crippen molar-refractivity contribution in [1.82, 2.24) is 4.57 Å². The second-order valence-corrected chi connectivity index (χ2v) is 17.4. The average molecular weight is 831 g/mol. The summed E-state index contributed by atoms with van der Waals surface area (Å²) in [7, 11) is 0. The molecule has 0 saturated carbocycles. The third-order valence-corrected chi connectivity index (χ3v) is 13.6. The molecule has 0 unspecified atom stereocenters. The number of hydrogen-bond donors (Lipinski definition) is 0. The maximum atomic E-state index is 2.47. The third-order valence-electron chi connectivity index (χ3n) is 13.6. The van der Waals surface area contributed by atoms with Crippen molar-refractivity contribution in [2.45, 2.75) is 19.3 Å². The Morgan fingerprint density at radius 2 is 0.938 bits per heavy atom. The van der Waals surface area contributed by atoms with Gasteiger partial charge < -0.3 is 9.47 Å². The minimum absolute atomic E-state index is 0.521. The molecule has 1 aromatic heterocycles. The van der Waals surface area contributed by atoms with Crippen LogP contribution in [-0.4, -0.2) is 4.57 Å². The van der Waals surface area contributed by atoms with Gasteiger partial charge in [0.15, 0.2) is 0 Å². The van der Waals surface area contributed by atoms with E-state index in [4.69, 9.17) is 0 Å². The number of fused-ring (bicyclic) bond motifs is 6. The molecule has 1 aliphatic rings. The summed E-state index contributed by atoms with van der Waals surface area (Å²) in [5, 5.41) is 2.51. The summed E-state index contributed by atoms with van der Waals surface area (Å²) in [4.78, 5) is 2.45. The van der Waals surface area contributed by atoms with Crippen molar-refractivity contribution in [3.05, 3.63) is 276 Å². The number of aromatic nitrogens is 1. The molecule has 2 nitrogen and oxygen atoms in total. The lowest BCUT2D eigenvalue weighted by atomic mass is 9.67. The first-order valence-electron chi connectivity index (χ1n) is 22.6. The highest BCUT2D eigenvalue weighted by atomic mass is 15.1. The Balaban J connectivity index is 1.03. The van der Waals surface area contributed by atoms with E-state index in [2.05, 4.69) is 266 Å². The van der Waals surface area contributed by atoms with E-state index in [0.717, 1.165) is 33.9 Å². The van der Waals surface area contributed by atoms with Crippen LogP contribution in [0.25, 0.3) is 60.9 Å². The van der Waals surface area contributed by atoms with E-state index < -0.39 is 5.41 Å². The van der Waals surface area contributed by atoms with Crippen LogP contribution in [0.2, 0.25) is 0 Å². The Bertz CT molecular complexity index is 3500. The maximum Gasteiger partial charge on any atom is 0.0714 e. The molecule has 0 bridgehead atoms. The van der Waals surface area contributed by atoms with Gasteiger partial charge in [-0.1, -0.05) is 193 Å². The Kier molecular flexibility index (Phi) is 9.21. The lowest BCUT2D eigenvalue weighted by molar-refractivity contribution is 0.767. The molecule has 0 fully saturated rings. The second kappa shape index (κ2) is 15.6. The molecule has 0 N–H and O–H groups in total. The van der Waals surface area contributed by atoms with Crippen molar-refractivity contribution in [1.29, 1.82) is 0 Å². The summed E-state index contributed by atoms with van der Waals surface area (Å²) >= 11 is 0. The van der Waals surface area contributed by atoms with Crippen LogP contribution >= 0.6 is 0 Å². The van der Waals surface area contributed by atoms with Crippen LogP contribution < -0.4 is 4.90 Å². The molecule has 65 heavy (non-hydrogen) atoms. The van der Waals surface area contributed by atoms with Crippen molar-refractivity contribution >= 4 is 38.9 Å². The first kappa shape index (κ1) is 38.5. The lowest BCUT2D eigenvalue weighted by Crippen LogP contribution is -2.29. The molecule has 308 valence electrons. The van der Waals surface area contributed by atoms with Crippen LogP contribution in [0.15, 0.2) is 243 Å². The Morgan fingerprint density at radius 3 is 1.69 bits per heavy atom. The minimum Gasteiger partial charge on any atom is -0.310 e. The summed E-state index contributed by atoms with van der Waals surface area (Å²) in [6.45, 7) is 4.35. The number of para-hydroxylation sites is 4. The predicted molar refractivity (Wildman–Crippen MR) is 273 cm³/mol. The lowest BCUT2D eigenvalue weighted by Gasteiger charge is -2.35. The number of anilines is 3. The Hall–Kier alpha value is -8.20. The normalized spacial score (nSPS) is 12.6. The summed E-state index contributed by atoms with van der Waals surface area (Å²) < 4.78 is 2.40. The van der Waals surface area contributed by atoms with Crippen molar-refractivity contribution in [3.8, 4) is 39.1 Å². The van der Waals surface area contributed by atoms with Crippen molar-refractivity contribution in [2.75, 3.05) is 4.90 Å². The van der Waals surface area contributed by atoms with E-state index >= 15 is 0 Å². The Labute approximate surface area is 381 Å². The van der Waals surface area contributed by atoms with Crippen LogP contribution in [0.4, 0.5) is 17.1 Å². The van der Waals surface area contributed by atoms with Gasteiger partial charge in [-0.15, -0.1) is 0 Å². The van der Waals surface area contributed by atoms with Gasteiger partial charge in [-0.25, -0.2) is 0 Å². The monoisotopic (exact) mass is 830 g/mol. The largest absolute Gasteiger partial charge is 0.310 e. The van der Waals surface area contributed by atoms with Crippen LogP contribution in [0.3, 0.4) is 0 Å². The SMILES string of the molecule is Cc1ccc(C2(c3ccc(C)cc3)c3ccccc3-c3ccc(N(c4ccccc4)c4ccccc4-c4cccc(-c5ccc6c7ccccc7n(-c7ccccc7)c6c5)c4)cc32)cc1. The molecule has 0 saturated heterocycles. The molecule has 0 aliphatic heterocycles. The van der Waals surface area contributed by atoms with Crippen LogP contribution in [-0.2, 0) is 5.41 Å². The minimum atomic E-state index is -0.521. The number of hydrogen-bond acceptors (Lipinski definition) is 1. The fraction of sp³-hybridized carbons (Fsp3) is 0.0476. The summed E-state index contributed by atoms with van der Waals surface area (Å²) in [5.41, 5.74) is 21.2. The van der Waals surface area contributed by atoms with Gasteiger partial charge in [-0.05, 0) is 125 Å². The highest BCUT2D eigenvalue weighted by Crippen LogP contribution is 2.57. The van der Waals surface area contributed by atoms with E-state index in [1.165, 1.54) is 77.4 Å². The molecular weight excluding hydrogens is 785 g/mol. The molecule has 0 atom stereocenters. The molecule has 0 amide bonds. The van der Waals surface area contributed by atoms with Crippen molar-refractivity contribution < 1.29 is 0 Å². The van der Waals surface area contributed by atoms with Crippen molar-refractivity contribution in [3.63, 3.8) is 0 Å². The highest BCUT2D eigenvalue weighted by molar-refractivity contribution is 6.10.